The van der Waals surface area contributed by atoms with E-state index in [2.05, 4.69) is 44.4 Å². The Kier molecular flexibility index (Phi) is 6.43. The molecule has 0 aromatic heterocycles. The van der Waals surface area contributed by atoms with Crippen LogP contribution in [0.25, 0.3) is 0 Å². The van der Waals surface area contributed by atoms with Gasteiger partial charge in [-0.2, -0.15) is 12.6 Å². The Morgan fingerprint density at radius 3 is 2.25 bits per heavy atom. The second-order valence-electron chi connectivity index (χ2n) is 4.74. The van der Waals surface area contributed by atoms with Crippen LogP contribution in [-0.2, 0) is 9.59 Å². The maximum Gasteiger partial charge on any atom is 0.243 e. The van der Waals surface area contributed by atoms with E-state index in [0.29, 0.717) is 12.3 Å². The van der Waals surface area contributed by atoms with E-state index in [1.54, 1.807) is 0 Å². The van der Waals surface area contributed by atoms with Gasteiger partial charge in [-0.3, -0.25) is 9.59 Å². The molecule has 0 bridgehead atoms. The Morgan fingerprint density at radius 2 is 1.88 bits per heavy atom. The van der Waals surface area contributed by atoms with Crippen LogP contribution in [0.15, 0.2) is 0 Å². The van der Waals surface area contributed by atoms with E-state index in [-0.39, 0.29) is 11.8 Å². The topological polar surface area (TPSA) is 58.2 Å². The number of quaternary nitrogens is 1. The molecule has 1 atom stereocenters. The van der Waals surface area contributed by atoms with E-state index in [9.17, 15) is 9.59 Å². The number of rotatable bonds is 6. The van der Waals surface area contributed by atoms with E-state index in [4.69, 9.17) is 0 Å². The van der Waals surface area contributed by atoms with Crippen molar-refractivity contribution in [2.75, 3.05) is 40.0 Å². The first-order valence-corrected chi connectivity index (χ1v) is 5.85. The first-order chi connectivity index (χ1) is 7.26. The van der Waals surface area contributed by atoms with Crippen LogP contribution in [0.4, 0.5) is 0 Å². The first kappa shape index (κ1) is 15.2. The highest BCUT2D eigenvalue weighted by atomic mass is 32.1. The fourth-order valence-electron chi connectivity index (χ4n) is 1.08. The SMILES string of the molecule is CC(=O)N[C@@H](CS)C(=O)NCC[N+](C)(C)C. The van der Waals surface area contributed by atoms with Gasteiger partial charge in [-0.05, 0) is 0 Å². The molecule has 0 aliphatic rings. The molecule has 0 aliphatic heterocycles. The molecule has 5 nitrogen and oxygen atoms in total. The van der Waals surface area contributed by atoms with Gasteiger partial charge in [-0.15, -0.1) is 0 Å². The van der Waals surface area contributed by atoms with Crippen LogP contribution < -0.4 is 10.6 Å². The fraction of sp³-hybridized carbons (Fsp3) is 0.800. The lowest BCUT2D eigenvalue weighted by Gasteiger charge is -2.24. The van der Waals surface area contributed by atoms with Gasteiger partial charge < -0.3 is 15.1 Å². The van der Waals surface area contributed by atoms with E-state index in [1.165, 1.54) is 6.92 Å². The van der Waals surface area contributed by atoms with Crippen LogP contribution in [0.5, 0.6) is 0 Å². The Labute approximate surface area is 103 Å². The van der Waals surface area contributed by atoms with Crippen molar-refractivity contribution < 1.29 is 14.1 Å². The number of likely N-dealkylation sites (N-methyl/N-ethyl adjacent to an activating group) is 1. The third-order valence-electron chi connectivity index (χ3n) is 1.96. The third kappa shape index (κ3) is 7.53. The second kappa shape index (κ2) is 6.75. The molecule has 94 valence electrons. The molecule has 16 heavy (non-hydrogen) atoms. The van der Waals surface area contributed by atoms with Gasteiger partial charge in [0, 0.05) is 12.7 Å². The number of hydrogen-bond acceptors (Lipinski definition) is 3. The van der Waals surface area contributed by atoms with Crippen LogP contribution in [0, 0.1) is 0 Å². The van der Waals surface area contributed by atoms with E-state index < -0.39 is 6.04 Å². The first-order valence-electron chi connectivity index (χ1n) is 5.22. The Balaban J connectivity index is 3.98. The van der Waals surface area contributed by atoms with Crippen molar-refractivity contribution in [1.82, 2.24) is 10.6 Å². The number of thiol groups is 1. The molecule has 0 radical (unpaired) electrons. The monoisotopic (exact) mass is 248 g/mol. The van der Waals surface area contributed by atoms with Gasteiger partial charge in [0.15, 0.2) is 0 Å². The third-order valence-corrected chi connectivity index (χ3v) is 2.32. The number of nitrogens with one attached hydrogen (secondary N) is 2. The predicted octanol–water partition coefficient (Wildman–Crippen LogP) is -0.757. The summed E-state index contributed by atoms with van der Waals surface area (Å²) in [6.45, 7) is 2.81. The predicted molar refractivity (Wildman–Crippen MR) is 67.4 cm³/mol. The molecule has 0 aliphatic carbocycles. The maximum atomic E-state index is 11.6. The van der Waals surface area contributed by atoms with Gasteiger partial charge in [0.1, 0.15) is 6.04 Å². The average Bonchev–Trinajstić information content (AvgIpc) is 2.11. The molecule has 0 saturated heterocycles. The van der Waals surface area contributed by atoms with Crippen molar-refractivity contribution in [3.05, 3.63) is 0 Å². The molecular formula is C10H22N3O2S+. The summed E-state index contributed by atoms with van der Waals surface area (Å²) >= 11 is 4.03. The maximum absolute atomic E-state index is 11.6. The molecule has 0 rings (SSSR count). The molecule has 0 fully saturated rings. The van der Waals surface area contributed by atoms with Crippen LogP contribution in [-0.4, -0.2) is 62.3 Å². The molecular weight excluding hydrogens is 226 g/mol. The Bertz CT molecular complexity index is 251. The average molecular weight is 248 g/mol. The number of nitrogens with zero attached hydrogens (tertiary/aromatic N) is 1. The highest BCUT2D eigenvalue weighted by Crippen LogP contribution is 1.90. The van der Waals surface area contributed by atoms with E-state index in [0.717, 1.165) is 11.0 Å². The standard InChI is InChI=1S/C10H21N3O2S/c1-8(14)12-9(7-16)10(15)11-5-6-13(2,3)4/h9H,5-7H2,1-4H3,(H2-,11,12,14,15,16)/p+1/t9-/m0/s1. The van der Waals surface area contributed by atoms with Gasteiger partial charge in [0.2, 0.25) is 11.8 Å². The molecule has 0 aromatic rings. The summed E-state index contributed by atoms with van der Waals surface area (Å²) in [7, 11) is 6.15. The minimum atomic E-state index is -0.548. The lowest BCUT2D eigenvalue weighted by Crippen LogP contribution is -2.50. The van der Waals surface area contributed by atoms with Crippen molar-refractivity contribution in [3.63, 3.8) is 0 Å². The number of carbonyl (C=O) groups is 2. The summed E-state index contributed by atoms with van der Waals surface area (Å²) in [4.78, 5) is 22.4. The van der Waals surface area contributed by atoms with E-state index >= 15 is 0 Å². The van der Waals surface area contributed by atoms with Gasteiger partial charge in [0.25, 0.3) is 0 Å². The Hall–Kier alpha value is -0.750. The summed E-state index contributed by atoms with van der Waals surface area (Å²) in [5.74, 6) is -0.102. The molecule has 2 amide bonds. The van der Waals surface area contributed by atoms with Crippen molar-refractivity contribution in [1.29, 1.82) is 0 Å². The van der Waals surface area contributed by atoms with Gasteiger partial charge in [-0.25, -0.2) is 0 Å². The van der Waals surface area contributed by atoms with Crippen LogP contribution in [0.2, 0.25) is 0 Å². The summed E-state index contributed by atoms with van der Waals surface area (Å²) in [5.41, 5.74) is 0. The van der Waals surface area contributed by atoms with Crippen molar-refractivity contribution >= 4 is 24.4 Å². The minimum Gasteiger partial charge on any atom is -0.349 e. The highest BCUT2D eigenvalue weighted by molar-refractivity contribution is 7.80. The molecule has 0 aromatic carbocycles. The summed E-state index contributed by atoms with van der Waals surface area (Å²) in [6, 6.07) is -0.548. The minimum absolute atomic E-state index is 0.182. The van der Waals surface area contributed by atoms with Crippen LogP contribution in [0.1, 0.15) is 6.92 Å². The number of carbonyl (C=O) groups excluding carboxylic acids is 2. The van der Waals surface area contributed by atoms with Crippen LogP contribution >= 0.6 is 12.6 Å². The Morgan fingerprint density at radius 1 is 1.31 bits per heavy atom. The molecule has 6 heteroatoms. The van der Waals surface area contributed by atoms with Crippen molar-refractivity contribution in [2.24, 2.45) is 0 Å². The molecule has 0 heterocycles. The zero-order valence-electron chi connectivity index (χ0n) is 10.4. The molecule has 2 N–H and O–H groups in total. The molecule has 0 unspecified atom stereocenters. The van der Waals surface area contributed by atoms with Crippen molar-refractivity contribution in [3.8, 4) is 0 Å². The largest absolute Gasteiger partial charge is 0.349 e. The lowest BCUT2D eigenvalue weighted by atomic mass is 10.3. The van der Waals surface area contributed by atoms with Gasteiger partial charge in [0.05, 0.1) is 34.2 Å². The number of amides is 2. The summed E-state index contributed by atoms with van der Waals surface area (Å²) < 4.78 is 0.784. The zero-order chi connectivity index (χ0) is 12.8. The van der Waals surface area contributed by atoms with Crippen molar-refractivity contribution in [2.45, 2.75) is 13.0 Å². The van der Waals surface area contributed by atoms with Crippen LogP contribution in [0.3, 0.4) is 0 Å². The van der Waals surface area contributed by atoms with Gasteiger partial charge >= 0.3 is 0 Å². The van der Waals surface area contributed by atoms with Gasteiger partial charge in [-0.1, -0.05) is 0 Å². The zero-order valence-corrected chi connectivity index (χ0v) is 11.3. The quantitative estimate of drug-likeness (QED) is 0.428. The smallest absolute Gasteiger partial charge is 0.243 e. The fourth-order valence-corrected chi connectivity index (χ4v) is 1.33. The summed E-state index contributed by atoms with van der Waals surface area (Å²) in [6.07, 6.45) is 0. The lowest BCUT2D eigenvalue weighted by molar-refractivity contribution is -0.869. The highest BCUT2D eigenvalue weighted by Gasteiger charge is 2.17. The molecule has 0 saturated carbocycles. The normalized spacial score (nSPS) is 13.1. The number of hydrogen-bond donors (Lipinski definition) is 3. The van der Waals surface area contributed by atoms with E-state index in [1.807, 2.05) is 0 Å². The summed E-state index contributed by atoms with van der Waals surface area (Å²) in [5, 5.41) is 5.32. The second-order valence-corrected chi connectivity index (χ2v) is 5.11. The molecule has 0 spiro atoms.